The van der Waals surface area contributed by atoms with Gasteiger partial charge in [-0.3, -0.25) is 4.79 Å². The van der Waals surface area contributed by atoms with Crippen molar-refractivity contribution in [1.29, 1.82) is 0 Å². The Labute approximate surface area is 237 Å². The van der Waals surface area contributed by atoms with E-state index in [1.807, 2.05) is 44.2 Å². The molecule has 2 atom stereocenters. The van der Waals surface area contributed by atoms with Gasteiger partial charge in [0.05, 0.1) is 40.1 Å². The van der Waals surface area contributed by atoms with Crippen LogP contribution in [0.1, 0.15) is 47.9 Å². The zero-order chi connectivity index (χ0) is 27.9. The molecule has 0 aliphatic heterocycles. The molecule has 0 saturated carbocycles. The number of benzene rings is 3. The molecule has 0 spiro atoms. The highest BCUT2D eigenvalue weighted by atomic mass is 35.5. The minimum absolute atomic E-state index is 0.0979. The van der Waals surface area contributed by atoms with E-state index in [1.54, 1.807) is 41.6 Å². The third-order valence-corrected chi connectivity index (χ3v) is 7.41. The van der Waals surface area contributed by atoms with Gasteiger partial charge in [-0.1, -0.05) is 48.3 Å². The van der Waals surface area contributed by atoms with Gasteiger partial charge >= 0.3 is 6.03 Å². The van der Waals surface area contributed by atoms with Crippen molar-refractivity contribution in [3.63, 3.8) is 0 Å². The Hall–Kier alpha value is -3.59. The largest absolute Gasteiger partial charge is 0.387 e. The number of hydrogen-bond acceptors (Lipinski definition) is 4. The first kappa shape index (κ1) is 28.4. The molecule has 0 aliphatic rings. The van der Waals surface area contributed by atoms with Crippen LogP contribution in [0.25, 0.3) is 11.0 Å². The minimum Gasteiger partial charge on any atom is -0.387 e. The predicted octanol–water partition coefficient (Wildman–Crippen LogP) is 6.21. The lowest BCUT2D eigenvalue weighted by atomic mass is 10.1. The monoisotopic (exact) mass is 567 g/mol. The van der Waals surface area contributed by atoms with Crippen LogP contribution in [0.4, 0.5) is 10.5 Å². The Balaban J connectivity index is 1.31. The molecule has 0 aliphatic carbocycles. The molecule has 8 nitrogen and oxygen atoms in total. The van der Waals surface area contributed by atoms with Gasteiger partial charge in [0.15, 0.2) is 0 Å². The van der Waals surface area contributed by atoms with Gasteiger partial charge in [0.1, 0.15) is 0 Å². The van der Waals surface area contributed by atoms with E-state index in [0.717, 1.165) is 23.0 Å². The second kappa shape index (κ2) is 13.0. The number of carbonyl (C=O) groups is 2. The van der Waals surface area contributed by atoms with Crippen LogP contribution < -0.4 is 10.6 Å². The predicted molar refractivity (Wildman–Crippen MR) is 155 cm³/mol. The minimum atomic E-state index is -0.918. The number of nitrogens with one attached hydrogen (secondary N) is 3. The number of aromatic amines is 1. The first-order valence-electron chi connectivity index (χ1n) is 12.8. The second-order valence-electron chi connectivity index (χ2n) is 9.37. The maximum atomic E-state index is 13.1. The van der Waals surface area contributed by atoms with Gasteiger partial charge in [-0.2, -0.15) is 0 Å². The molecule has 4 aromatic rings. The van der Waals surface area contributed by atoms with Gasteiger partial charge in [-0.15, -0.1) is 0 Å². The van der Waals surface area contributed by atoms with Gasteiger partial charge in [0.25, 0.3) is 5.91 Å². The van der Waals surface area contributed by atoms with Crippen molar-refractivity contribution in [1.82, 2.24) is 20.2 Å². The lowest BCUT2D eigenvalue weighted by Crippen LogP contribution is -2.43. The highest BCUT2D eigenvalue weighted by molar-refractivity contribution is 6.42. The van der Waals surface area contributed by atoms with Crippen LogP contribution in [-0.4, -0.2) is 51.0 Å². The summed E-state index contributed by atoms with van der Waals surface area (Å²) >= 11 is 12.1. The number of urea groups is 1. The van der Waals surface area contributed by atoms with E-state index >= 15 is 0 Å². The number of H-pyrrole nitrogens is 1. The maximum Gasteiger partial charge on any atom is 0.322 e. The van der Waals surface area contributed by atoms with E-state index in [2.05, 4.69) is 20.6 Å². The number of nitrogens with zero attached hydrogens (tertiary/aromatic N) is 2. The zero-order valence-electron chi connectivity index (χ0n) is 21.7. The number of imidazole rings is 1. The molecule has 10 heteroatoms. The van der Waals surface area contributed by atoms with E-state index in [1.165, 1.54) is 0 Å². The van der Waals surface area contributed by atoms with Crippen LogP contribution >= 0.6 is 23.2 Å². The molecule has 3 aromatic carbocycles. The van der Waals surface area contributed by atoms with Gasteiger partial charge < -0.3 is 25.6 Å². The summed E-state index contributed by atoms with van der Waals surface area (Å²) in [6, 6.07) is 17.4. The molecule has 4 rings (SSSR count). The van der Waals surface area contributed by atoms with Crippen molar-refractivity contribution in [2.45, 2.75) is 38.8 Å². The SMILES string of the molecule is CC[C@@H](C)N(C[C@@H](O)c1ccc(Cl)c(Cl)c1)C(=O)Nc1ccc(CCNC(=O)c2ccc3nc[nH]c3c2)cc1. The molecule has 0 fully saturated rings. The van der Waals surface area contributed by atoms with Crippen molar-refractivity contribution in [3.8, 4) is 0 Å². The Morgan fingerprint density at radius 2 is 1.82 bits per heavy atom. The Kier molecular flexibility index (Phi) is 9.45. The summed E-state index contributed by atoms with van der Waals surface area (Å²) in [7, 11) is 0. The van der Waals surface area contributed by atoms with Crippen molar-refractivity contribution in [2.75, 3.05) is 18.4 Å². The fourth-order valence-corrected chi connectivity index (χ4v) is 4.45. The fraction of sp³-hybridized carbons (Fsp3) is 0.276. The van der Waals surface area contributed by atoms with Crippen molar-refractivity contribution < 1.29 is 14.7 Å². The average molecular weight is 569 g/mol. The number of anilines is 1. The van der Waals surface area contributed by atoms with Gasteiger partial charge in [-0.25, -0.2) is 9.78 Å². The molecule has 0 saturated heterocycles. The number of hydrogen-bond donors (Lipinski definition) is 4. The molecule has 3 amide bonds. The Bertz CT molecular complexity index is 1440. The summed E-state index contributed by atoms with van der Waals surface area (Å²) in [6.07, 6.45) is 2.04. The summed E-state index contributed by atoms with van der Waals surface area (Å²) < 4.78 is 0. The smallest absolute Gasteiger partial charge is 0.322 e. The molecular weight excluding hydrogens is 537 g/mol. The molecule has 204 valence electrons. The van der Waals surface area contributed by atoms with Crippen LogP contribution in [0.3, 0.4) is 0 Å². The molecule has 0 unspecified atom stereocenters. The molecule has 0 radical (unpaired) electrons. The summed E-state index contributed by atoms with van der Waals surface area (Å²) in [6.45, 7) is 4.50. The number of aliphatic hydroxyl groups is 1. The third-order valence-electron chi connectivity index (χ3n) is 6.67. The number of carbonyl (C=O) groups excluding carboxylic acids is 2. The summed E-state index contributed by atoms with van der Waals surface area (Å²) in [4.78, 5) is 34.4. The lowest BCUT2D eigenvalue weighted by molar-refractivity contribution is 0.0954. The topological polar surface area (TPSA) is 110 Å². The van der Waals surface area contributed by atoms with Crippen LogP contribution in [0.5, 0.6) is 0 Å². The number of aliphatic hydroxyl groups excluding tert-OH is 1. The fourth-order valence-electron chi connectivity index (χ4n) is 4.14. The highest BCUT2D eigenvalue weighted by Gasteiger charge is 2.23. The molecule has 4 N–H and O–H groups in total. The number of rotatable bonds is 10. The lowest BCUT2D eigenvalue weighted by Gasteiger charge is -2.31. The quantitative estimate of drug-likeness (QED) is 0.182. The zero-order valence-corrected chi connectivity index (χ0v) is 23.3. The van der Waals surface area contributed by atoms with Crippen LogP contribution in [0, 0.1) is 0 Å². The molecule has 39 heavy (non-hydrogen) atoms. The first-order valence-corrected chi connectivity index (χ1v) is 13.5. The van der Waals surface area contributed by atoms with Gasteiger partial charge in [0, 0.05) is 23.8 Å². The maximum absolute atomic E-state index is 13.1. The van der Waals surface area contributed by atoms with Gasteiger partial charge in [0.2, 0.25) is 0 Å². The molecular formula is C29H31Cl2N5O3. The van der Waals surface area contributed by atoms with E-state index < -0.39 is 6.10 Å². The Morgan fingerprint density at radius 1 is 1.05 bits per heavy atom. The normalized spacial score (nSPS) is 12.6. The standard InChI is InChI=1S/C29H31Cl2N5O3/c1-3-18(2)36(16-27(37)20-6-10-23(30)24(31)14-20)29(39)35-22-8-4-19(5-9-22)12-13-32-28(38)21-7-11-25-26(15-21)34-17-33-25/h4-11,14-15,17-18,27,37H,3,12-13,16H2,1-2H3,(H,32,38)(H,33,34)(H,35,39)/t18-,27-/m1/s1. The summed E-state index contributed by atoms with van der Waals surface area (Å²) in [5, 5.41) is 17.4. The van der Waals surface area contributed by atoms with Crippen molar-refractivity contribution in [3.05, 3.63) is 93.7 Å². The average Bonchev–Trinajstić information content (AvgIpc) is 3.41. The molecule has 1 heterocycles. The van der Waals surface area contributed by atoms with Crippen LogP contribution in [0.2, 0.25) is 10.0 Å². The van der Waals surface area contributed by atoms with E-state index in [0.29, 0.717) is 39.8 Å². The van der Waals surface area contributed by atoms with E-state index in [-0.39, 0.29) is 24.5 Å². The van der Waals surface area contributed by atoms with Crippen LogP contribution in [-0.2, 0) is 6.42 Å². The third kappa shape index (κ3) is 7.29. The number of halogens is 2. The number of amides is 3. The van der Waals surface area contributed by atoms with Crippen LogP contribution in [0.15, 0.2) is 67.0 Å². The Morgan fingerprint density at radius 3 is 2.54 bits per heavy atom. The molecule has 0 bridgehead atoms. The van der Waals surface area contributed by atoms with Crippen molar-refractivity contribution in [2.24, 2.45) is 0 Å². The van der Waals surface area contributed by atoms with Crippen molar-refractivity contribution >= 4 is 51.9 Å². The summed E-state index contributed by atoms with van der Waals surface area (Å²) in [5.41, 5.74) is 4.44. The van der Waals surface area contributed by atoms with Gasteiger partial charge in [-0.05, 0) is 73.4 Å². The number of fused-ring (bicyclic) bond motifs is 1. The highest BCUT2D eigenvalue weighted by Crippen LogP contribution is 2.27. The summed E-state index contributed by atoms with van der Waals surface area (Å²) in [5.74, 6) is -0.149. The van der Waals surface area contributed by atoms with E-state index in [9.17, 15) is 14.7 Å². The first-order chi connectivity index (χ1) is 18.7. The number of aromatic nitrogens is 2. The van der Waals surface area contributed by atoms with E-state index in [4.69, 9.17) is 23.2 Å². The molecule has 1 aromatic heterocycles. The second-order valence-corrected chi connectivity index (χ2v) is 10.2.